The van der Waals surface area contributed by atoms with Crippen LogP contribution in [0.15, 0.2) is 36.3 Å². The van der Waals surface area contributed by atoms with E-state index in [1.54, 1.807) is 0 Å². The highest BCUT2D eigenvalue weighted by molar-refractivity contribution is 5.29. The third-order valence-electron chi connectivity index (χ3n) is 1.32. The normalized spacial score (nSPS) is 11.8. The summed E-state index contributed by atoms with van der Waals surface area (Å²) in [6.45, 7) is 10.7. The van der Waals surface area contributed by atoms with Crippen LogP contribution in [-0.4, -0.2) is 0 Å². The molecule has 2 N–H and O–H groups in total. The number of rotatable bonds is 3. The van der Waals surface area contributed by atoms with Gasteiger partial charge in [-0.2, -0.15) is 0 Å². The summed E-state index contributed by atoms with van der Waals surface area (Å²) in [5, 5.41) is 0. The van der Waals surface area contributed by atoms with E-state index in [0.717, 1.165) is 0 Å². The van der Waals surface area contributed by atoms with Gasteiger partial charge in [-0.25, -0.2) is 4.39 Å². The fourth-order valence-electron chi connectivity index (χ4n) is 0.531. The summed E-state index contributed by atoms with van der Waals surface area (Å²) in [5.41, 5.74) is 5.85. The fourth-order valence-corrected chi connectivity index (χ4v) is 0.531. The summed E-state index contributed by atoms with van der Waals surface area (Å²) >= 11 is 0. The van der Waals surface area contributed by atoms with E-state index in [0.29, 0.717) is 5.57 Å². The highest BCUT2D eigenvalue weighted by Crippen LogP contribution is 2.18. The molecule has 0 heterocycles. The molecule has 2 heteroatoms. The summed E-state index contributed by atoms with van der Waals surface area (Å²) in [7, 11) is 0. The Labute approximate surface area is 67.1 Å². The van der Waals surface area contributed by atoms with Gasteiger partial charge in [0.1, 0.15) is 5.83 Å². The van der Waals surface area contributed by atoms with Crippen molar-refractivity contribution >= 4 is 0 Å². The van der Waals surface area contributed by atoms with Crippen LogP contribution in [0, 0.1) is 5.92 Å². The fraction of sp³-hybridized carbons (Fsp3) is 0.333. The minimum Gasteiger partial charge on any atom is -0.399 e. The van der Waals surface area contributed by atoms with E-state index in [4.69, 9.17) is 5.73 Å². The Morgan fingerprint density at radius 1 is 1.45 bits per heavy atom. The van der Waals surface area contributed by atoms with Gasteiger partial charge in [0.25, 0.3) is 0 Å². The zero-order valence-corrected chi connectivity index (χ0v) is 7.02. The average molecular weight is 155 g/mol. The van der Waals surface area contributed by atoms with Gasteiger partial charge in [-0.05, 0) is 17.6 Å². The lowest BCUT2D eigenvalue weighted by atomic mass is 10.0. The second kappa shape index (κ2) is 3.96. The van der Waals surface area contributed by atoms with Crippen LogP contribution >= 0.6 is 0 Å². The molecule has 1 nitrogen and oxygen atoms in total. The monoisotopic (exact) mass is 155 g/mol. The zero-order chi connectivity index (χ0) is 9.02. The second-order valence-electron chi connectivity index (χ2n) is 2.75. The molecule has 0 aromatic heterocycles. The van der Waals surface area contributed by atoms with Crippen LogP contribution in [0.5, 0.6) is 0 Å². The van der Waals surface area contributed by atoms with E-state index in [-0.39, 0.29) is 17.4 Å². The van der Waals surface area contributed by atoms with E-state index in [1.165, 1.54) is 6.08 Å². The molecule has 0 bridgehead atoms. The molecule has 0 aliphatic rings. The Morgan fingerprint density at radius 3 is 2.18 bits per heavy atom. The van der Waals surface area contributed by atoms with Crippen LogP contribution in [0.2, 0.25) is 0 Å². The minimum atomic E-state index is -0.382. The quantitative estimate of drug-likeness (QED) is 0.623. The first kappa shape index (κ1) is 9.95. The van der Waals surface area contributed by atoms with Crippen LogP contribution in [-0.2, 0) is 0 Å². The lowest BCUT2D eigenvalue weighted by Gasteiger charge is -2.05. The van der Waals surface area contributed by atoms with Crippen molar-refractivity contribution in [1.29, 1.82) is 0 Å². The zero-order valence-electron chi connectivity index (χ0n) is 7.02. The predicted octanol–water partition coefficient (Wildman–Crippen LogP) is 2.52. The van der Waals surface area contributed by atoms with Crippen molar-refractivity contribution in [3.05, 3.63) is 36.3 Å². The second-order valence-corrected chi connectivity index (χ2v) is 2.75. The van der Waals surface area contributed by atoms with Gasteiger partial charge in [-0.15, -0.1) is 0 Å². The summed E-state index contributed by atoms with van der Waals surface area (Å²) in [6.07, 6.45) is 1.18. The van der Waals surface area contributed by atoms with Crippen molar-refractivity contribution in [2.45, 2.75) is 13.8 Å². The van der Waals surface area contributed by atoms with Gasteiger partial charge in [-0.3, -0.25) is 0 Å². The molecule has 0 spiro atoms. The third kappa shape index (κ3) is 3.61. The van der Waals surface area contributed by atoms with Crippen LogP contribution < -0.4 is 5.73 Å². The Bertz CT molecular complexity index is 202. The molecule has 0 saturated carbocycles. The van der Waals surface area contributed by atoms with Crippen molar-refractivity contribution in [3.63, 3.8) is 0 Å². The Balaban J connectivity index is 4.36. The van der Waals surface area contributed by atoms with Crippen molar-refractivity contribution in [3.8, 4) is 0 Å². The molecule has 0 aliphatic carbocycles. The predicted molar refractivity (Wildman–Crippen MR) is 46.5 cm³/mol. The molecule has 0 fully saturated rings. The topological polar surface area (TPSA) is 26.0 Å². The molecular formula is C9H14FN. The molecule has 0 radical (unpaired) electrons. The van der Waals surface area contributed by atoms with Gasteiger partial charge in [0.2, 0.25) is 0 Å². The first-order valence-corrected chi connectivity index (χ1v) is 3.46. The van der Waals surface area contributed by atoms with E-state index >= 15 is 0 Å². The molecular weight excluding hydrogens is 141 g/mol. The third-order valence-corrected chi connectivity index (χ3v) is 1.32. The van der Waals surface area contributed by atoms with Gasteiger partial charge >= 0.3 is 0 Å². The van der Waals surface area contributed by atoms with E-state index in [2.05, 4.69) is 13.2 Å². The number of hydrogen-bond donors (Lipinski definition) is 1. The van der Waals surface area contributed by atoms with Gasteiger partial charge in [0.15, 0.2) is 0 Å². The van der Waals surface area contributed by atoms with Crippen LogP contribution in [0.1, 0.15) is 13.8 Å². The number of allylic oxidation sites excluding steroid dienone is 3. The van der Waals surface area contributed by atoms with Crippen molar-refractivity contribution in [2.75, 3.05) is 0 Å². The molecule has 62 valence electrons. The standard InChI is InChI=1S/C9H14FN/c1-6(2)8(4)9(10)5-7(3)11/h5-6H,3-4,11H2,1-2H3/b9-5+. The van der Waals surface area contributed by atoms with E-state index in [9.17, 15) is 4.39 Å². The van der Waals surface area contributed by atoms with Crippen LogP contribution in [0.25, 0.3) is 0 Å². The lowest BCUT2D eigenvalue weighted by molar-refractivity contribution is 0.609. The van der Waals surface area contributed by atoms with E-state index in [1.807, 2.05) is 13.8 Å². The van der Waals surface area contributed by atoms with Gasteiger partial charge in [0.05, 0.1) is 0 Å². The molecule has 11 heavy (non-hydrogen) atoms. The molecule has 0 aliphatic heterocycles. The largest absolute Gasteiger partial charge is 0.399 e. The van der Waals surface area contributed by atoms with Crippen molar-refractivity contribution < 1.29 is 4.39 Å². The van der Waals surface area contributed by atoms with Crippen LogP contribution in [0.4, 0.5) is 4.39 Å². The smallest absolute Gasteiger partial charge is 0.128 e. The maximum absolute atomic E-state index is 12.9. The van der Waals surface area contributed by atoms with E-state index < -0.39 is 0 Å². The first-order valence-electron chi connectivity index (χ1n) is 3.46. The molecule has 0 aromatic carbocycles. The Morgan fingerprint density at radius 2 is 1.91 bits per heavy atom. The first-order chi connectivity index (χ1) is 4.95. The number of hydrogen-bond acceptors (Lipinski definition) is 1. The Hall–Kier alpha value is -1.05. The van der Waals surface area contributed by atoms with Crippen molar-refractivity contribution in [1.82, 2.24) is 0 Å². The van der Waals surface area contributed by atoms with Crippen molar-refractivity contribution in [2.24, 2.45) is 11.7 Å². The van der Waals surface area contributed by atoms with Gasteiger partial charge in [0, 0.05) is 5.70 Å². The maximum Gasteiger partial charge on any atom is 0.128 e. The number of halogens is 1. The molecule has 0 amide bonds. The minimum absolute atomic E-state index is 0.102. The SMILES string of the molecule is C=C(N)/C=C(/F)C(=C)C(C)C. The Kier molecular flexibility index (Phi) is 3.58. The van der Waals surface area contributed by atoms with Gasteiger partial charge in [-0.1, -0.05) is 27.0 Å². The lowest BCUT2D eigenvalue weighted by Crippen LogP contribution is -1.96. The summed E-state index contributed by atoms with van der Waals surface area (Å²) in [6, 6.07) is 0. The van der Waals surface area contributed by atoms with Crippen LogP contribution in [0.3, 0.4) is 0 Å². The molecule has 0 unspecified atom stereocenters. The maximum atomic E-state index is 12.9. The molecule has 0 rings (SSSR count). The summed E-state index contributed by atoms with van der Waals surface area (Å²) in [5.74, 6) is -0.280. The van der Waals surface area contributed by atoms with Gasteiger partial charge < -0.3 is 5.73 Å². The average Bonchev–Trinajstić information content (AvgIpc) is 1.84. The molecule has 0 aromatic rings. The summed E-state index contributed by atoms with van der Waals surface area (Å²) < 4.78 is 12.9. The highest BCUT2D eigenvalue weighted by Gasteiger charge is 2.05. The number of nitrogens with two attached hydrogens (primary N) is 1. The summed E-state index contributed by atoms with van der Waals surface area (Å²) in [4.78, 5) is 0. The highest BCUT2D eigenvalue weighted by atomic mass is 19.1. The molecule has 0 saturated heterocycles. The molecule has 0 atom stereocenters.